The number of alkyl halides is 5. The van der Waals surface area contributed by atoms with E-state index in [-0.39, 0.29) is 29.2 Å². The lowest BCUT2D eigenvalue weighted by Gasteiger charge is -2.15. The molecule has 0 fully saturated rings. The standard InChI is InChI=1S/C17H14F5N3O6S/c1-3-32(27,28)14-12(23-15(24(14)2)29-7-16(18,19)20)25-6-8-4-10-11(5-9(8)13(25)26)31-17(21,22)30-10/h4-5H,3,6-7H2,1-2H3. The highest BCUT2D eigenvalue weighted by molar-refractivity contribution is 7.91. The van der Waals surface area contributed by atoms with Crippen molar-refractivity contribution in [3.05, 3.63) is 23.3 Å². The van der Waals surface area contributed by atoms with Gasteiger partial charge in [-0.15, -0.1) is 8.78 Å². The number of aromatic nitrogens is 2. The van der Waals surface area contributed by atoms with Crippen molar-refractivity contribution in [2.24, 2.45) is 7.05 Å². The summed E-state index contributed by atoms with van der Waals surface area (Å²) in [5.41, 5.74) is 0.131. The van der Waals surface area contributed by atoms with Gasteiger partial charge in [0.25, 0.3) is 11.9 Å². The Balaban J connectivity index is 1.75. The second-order valence-electron chi connectivity index (χ2n) is 6.90. The van der Waals surface area contributed by atoms with Crippen LogP contribution in [0.4, 0.5) is 27.8 Å². The van der Waals surface area contributed by atoms with Crippen LogP contribution < -0.4 is 19.1 Å². The van der Waals surface area contributed by atoms with Gasteiger partial charge in [0.2, 0.25) is 0 Å². The first-order valence-corrected chi connectivity index (χ1v) is 10.6. The minimum absolute atomic E-state index is 0.0756. The van der Waals surface area contributed by atoms with E-state index in [0.717, 1.165) is 28.6 Å². The number of ether oxygens (including phenoxy) is 3. The van der Waals surface area contributed by atoms with Gasteiger partial charge < -0.3 is 14.2 Å². The van der Waals surface area contributed by atoms with Gasteiger partial charge in [0.15, 0.2) is 38.8 Å². The first kappa shape index (κ1) is 22.1. The highest BCUT2D eigenvalue weighted by Crippen LogP contribution is 2.45. The molecule has 9 nitrogen and oxygen atoms in total. The molecule has 0 atom stereocenters. The summed E-state index contributed by atoms with van der Waals surface area (Å²) >= 11 is 0. The molecular weight excluding hydrogens is 469 g/mol. The zero-order valence-corrected chi connectivity index (χ0v) is 17.2. The molecule has 0 saturated carbocycles. The average molecular weight is 483 g/mol. The zero-order valence-electron chi connectivity index (χ0n) is 16.4. The average Bonchev–Trinajstić information content (AvgIpc) is 3.27. The summed E-state index contributed by atoms with van der Waals surface area (Å²) in [5, 5.41) is -0.523. The van der Waals surface area contributed by atoms with E-state index < -0.39 is 57.4 Å². The third-order valence-electron chi connectivity index (χ3n) is 4.71. The largest absolute Gasteiger partial charge is 0.586 e. The molecule has 0 aliphatic carbocycles. The van der Waals surface area contributed by atoms with Gasteiger partial charge in [-0.1, -0.05) is 6.92 Å². The van der Waals surface area contributed by atoms with Crippen molar-refractivity contribution in [2.45, 2.75) is 31.0 Å². The summed E-state index contributed by atoms with van der Waals surface area (Å²) in [6.07, 6.45) is -8.60. The van der Waals surface area contributed by atoms with E-state index in [1.54, 1.807) is 0 Å². The Morgan fingerprint density at radius 2 is 1.84 bits per heavy atom. The summed E-state index contributed by atoms with van der Waals surface area (Å²) < 4.78 is 104. The highest BCUT2D eigenvalue weighted by atomic mass is 32.2. The van der Waals surface area contributed by atoms with Gasteiger partial charge in [-0.25, -0.2) is 8.42 Å². The smallest absolute Gasteiger partial charge is 0.455 e. The lowest BCUT2D eigenvalue weighted by Crippen LogP contribution is -2.26. The monoisotopic (exact) mass is 483 g/mol. The third-order valence-corrected chi connectivity index (χ3v) is 6.52. The molecule has 15 heteroatoms. The zero-order chi connectivity index (χ0) is 23.6. The lowest BCUT2D eigenvalue weighted by atomic mass is 10.1. The van der Waals surface area contributed by atoms with E-state index in [2.05, 4.69) is 19.2 Å². The maximum Gasteiger partial charge on any atom is 0.586 e. The normalized spacial score (nSPS) is 17.1. The molecule has 0 radical (unpaired) electrons. The molecule has 32 heavy (non-hydrogen) atoms. The first-order chi connectivity index (χ1) is 14.7. The number of rotatable bonds is 5. The quantitative estimate of drug-likeness (QED) is 0.603. The number of carbonyl (C=O) groups is 1. The number of fused-ring (bicyclic) bond motifs is 2. The number of hydrogen-bond donors (Lipinski definition) is 0. The lowest BCUT2D eigenvalue weighted by molar-refractivity contribution is -0.286. The molecule has 1 aromatic carbocycles. The number of imidazole rings is 1. The van der Waals surface area contributed by atoms with Gasteiger partial charge >= 0.3 is 12.5 Å². The van der Waals surface area contributed by atoms with Crippen LogP contribution in [0.15, 0.2) is 17.2 Å². The molecule has 174 valence electrons. The van der Waals surface area contributed by atoms with Gasteiger partial charge in [-0.2, -0.15) is 18.2 Å². The van der Waals surface area contributed by atoms with Crippen LogP contribution in [0.25, 0.3) is 0 Å². The number of benzene rings is 1. The number of amides is 1. The fourth-order valence-electron chi connectivity index (χ4n) is 3.31. The van der Waals surface area contributed by atoms with Crippen molar-refractivity contribution in [1.29, 1.82) is 0 Å². The molecule has 1 amide bonds. The Hall–Kier alpha value is -3.10. The van der Waals surface area contributed by atoms with E-state index >= 15 is 0 Å². The van der Waals surface area contributed by atoms with Crippen LogP contribution in [-0.2, 0) is 23.4 Å². The molecule has 3 heterocycles. The van der Waals surface area contributed by atoms with Gasteiger partial charge in [0, 0.05) is 12.6 Å². The molecule has 2 aromatic rings. The topological polar surface area (TPSA) is 100.0 Å². The van der Waals surface area contributed by atoms with Gasteiger partial charge in [0.05, 0.1) is 12.3 Å². The van der Waals surface area contributed by atoms with Crippen molar-refractivity contribution in [1.82, 2.24) is 9.55 Å². The van der Waals surface area contributed by atoms with Gasteiger partial charge in [-0.3, -0.25) is 14.3 Å². The SMILES string of the molecule is CCS(=O)(=O)c1c(N2Cc3cc4c(cc3C2=O)OC(F)(F)O4)nc(OCC(F)(F)F)n1C. The number of anilines is 1. The van der Waals surface area contributed by atoms with Crippen LogP contribution in [0.1, 0.15) is 22.8 Å². The van der Waals surface area contributed by atoms with E-state index in [4.69, 9.17) is 0 Å². The highest BCUT2D eigenvalue weighted by Gasteiger charge is 2.46. The van der Waals surface area contributed by atoms with Gasteiger partial charge in [-0.05, 0) is 17.7 Å². The Kier molecular flexibility index (Phi) is 4.80. The molecule has 4 rings (SSSR count). The summed E-state index contributed by atoms with van der Waals surface area (Å²) in [7, 11) is -2.93. The van der Waals surface area contributed by atoms with Crippen molar-refractivity contribution in [3.63, 3.8) is 0 Å². The predicted molar refractivity (Wildman–Crippen MR) is 95.6 cm³/mol. The number of hydrogen-bond acceptors (Lipinski definition) is 7. The van der Waals surface area contributed by atoms with Gasteiger partial charge in [0.1, 0.15) is 0 Å². The molecule has 2 aliphatic rings. The minimum Gasteiger partial charge on any atom is -0.455 e. The molecule has 0 unspecified atom stereocenters. The molecular formula is C17H14F5N3O6S. The molecule has 1 aromatic heterocycles. The predicted octanol–water partition coefficient (Wildman–Crippen LogP) is 2.64. The van der Waals surface area contributed by atoms with Crippen LogP contribution >= 0.6 is 0 Å². The molecule has 0 saturated heterocycles. The molecule has 0 N–H and O–H groups in total. The summed E-state index contributed by atoms with van der Waals surface area (Å²) in [5.74, 6) is -2.39. The maximum absolute atomic E-state index is 13.3. The first-order valence-electron chi connectivity index (χ1n) is 8.96. The number of carbonyl (C=O) groups excluding carboxylic acids is 1. The van der Waals surface area contributed by atoms with Crippen molar-refractivity contribution in [2.75, 3.05) is 17.3 Å². The number of sulfone groups is 1. The van der Waals surface area contributed by atoms with E-state index in [9.17, 15) is 35.2 Å². The second-order valence-corrected chi connectivity index (χ2v) is 9.10. The van der Waals surface area contributed by atoms with Crippen molar-refractivity contribution in [3.8, 4) is 17.5 Å². The Morgan fingerprint density at radius 3 is 2.44 bits per heavy atom. The summed E-state index contributed by atoms with van der Waals surface area (Å²) in [6.45, 7) is -0.715. The maximum atomic E-state index is 13.3. The Morgan fingerprint density at radius 1 is 1.22 bits per heavy atom. The van der Waals surface area contributed by atoms with Crippen LogP contribution in [0.2, 0.25) is 0 Å². The molecule has 2 aliphatic heterocycles. The second kappa shape index (κ2) is 6.95. The summed E-state index contributed by atoms with van der Waals surface area (Å²) in [4.78, 5) is 17.7. The van der Waals surface area contributed by atoms with Crippen LogP contribution in [0, 0.1) is 0 Å². The third kappa shape index (κ3) is 3.69. The van der Waals surface area contributed by atoms with E-state index in [1.165, 1.54) is 6.92 Å². The van der Waals surface area contributed by atoms with Crippen molar-refractivity contribution >= 4 is 21.6 Å². The Bertz CT molecular complexity index is 1220. The van der Waals surface area contributed by atoms with Crippen LogP contribution in [-0.4, -0.2) is 48.7 Å². The fraction of sp³-hybridized carbons (Fsp3) is 0.412. The number of nitrogens with zero attached hydrogens (tertiary/aromatic N) is 3. The van der Waals surface area contributed by atoms with E-state index in [0.29, 0.717) is 0 Å². The number of halogens is 5. The molecule has 0 spiro atoms. The summed E-state index contributed by atoms with van der Waals surface area (Å²) in [6, 6.07) is 1.50. The minimum atomic E-state index is -4.71. The van der Waals surface area contributed by atoms with Crippen molar-refractivity contribution < 1.29 is 49.4 Å². The Labute approximate surface area is 177 Å². The fourth-order valence-corrected chi connectivity index (χ4v) is 4.52. The van der Waals surface area contributed by atoms with E-state index in [1.807, 2.05) is 0 Å². The molecule has 0 bridgehead atoms. The van der Waals surface area contributed by atoms with Crippen LogP contribution in [0.5, 0.6) is 17.5 Å². The van der Waals surface area contributed by atoms with Crippen LogP contribution in [0.3, 0.4) is 0 Å².